The Bertz CT molecular complexity index is 1010. The lowest BCUT2D eigenvalue weighted by atomic mass is 10.1. The molecule has 0 bridgehead atoms. The summed E-state index contributed by atoms with van der Waals surface area (Å²) in [6.07, 6.45) is 5.62. The van der Waals surface area contributed by atoms with E-state index in [-0.39, 0.29) is 5.54 Å². The molecular formula is C23H33N7. The van der Waals surface area contributed by atoms with Gasteiger partial charge in [-0.25, -0.2) is 9.97 Å². The van der Waals surface area contributed by atoms with Gasteiger partial charge in [-0.2, -0.15) is 5.10 Å². The minimum absolute atomic E-state index is 0. The van der Waals surface area contributed by atoms with Crippen LogP contribution in [0.15, 0.2) is 30.5 Å². The number of hydrogen-bond donors (Lipinski definition) is 1. The molecule has 5 heterocycles. The molecule has 30 heavy (non-hydrogen) atoms. The lowest BCUT2D eigenvalue weighted by Gasteiger charge is -2.27. The van der Waals surface area contributed by atoms with Gasteiger partial charge in [-0.05, 0) is 57.9 Å². The summed E-state index contributed by atoms with van der Waals surface area (Å²) in [7, 11) is 1.99. The third-order valence-electron chi connectivity index (χ3n) is 5.24. The fraction of sp³-hybridized carbons (Fsp3) is 0.522. The van der Waals surface area contributed by atoms with Crippen molar-refractivity contribution in [2.24, 2.45) is 12.8 Å². The van der Waals surface area contributed by atoms with E-state index in [1.807, 2.05) is 32.5 Å². The molecule has 3 aromatic rings. The minimum Gasteiger partial charge on any atom is -0.357 e. The second-order valence-corrected chi connectivity index (χ2v) is 9.38. The summed E-state index contributed by atoms with van der Waals surface area (Å²) < 4.78 is 1.91. The van der Waals surface area contributed by atoms with Crippen molar-refractivity contribution in [3.63, 3.8) is 0 Å². The molecule has 0 spiro atoms. The normalized spacial score (nSPS) is 16.4. The second kappa shape index (κ2) is 8.22. The zero-order chi connectivity index (χ0) is 21.3. The van der Waals surface area contributed by atoms with Gasteiger partial charge < -0.3 is 15.5 Å². The van der Waals surface area contributed by atoms with Gasteiger partial charge in [0.15, 0.2) is 0 Å². The summed E-state index contributed by atoms with van der Waals surface area (Å²) >= 11 is 0. The molecule has 1 fully saturated rings. The number of fused-ring (bicyclic) bond motifs is 2. The number of nitrogens with two attached hydrogens (primary N) is 1. The number of anilines is 2. The SMILES string of the molecule is CC(C)(C)N.Cn1cc2c(n1)CCN(c1ccc3nc(N4CCCC4)ccc3n1)C2. The fourth-order valence-corrected chi connectivity index (χ4v) is 3.93. The molecule has 1 saturated heterocycles. The molecule has 0 saturated carbocycles. The largest absolute Gasteiger partial charge is 0.357 e. The monoisotopic (exact) mass is 407 g/mol. The van der Waals surface area contributed by atoms with Gasteiger partial charge in [-0.1, -0.05) is 0 Å². The van der Waals surface area contributed by atoms with Crippen molar-refractivity contribution in [1.29, 1.82) is 0 Å². The molecule has 0 radical (unpaired) electrons. The molecule has 5 rings (SSSR count). The van der Waals surface area contributed by atoms with E-state index in [4.69, 9.17) is 15.7 Å². The van der Waals surface area contributed by atoms with Crippen LogP contribution in [0.3, 0.4) is 0 Å². The van der Waals surface area contributed by atoms with Gasteiger partial charge in [0, 0.05) is 56.9 Å². The van der Waals surface area contributed by atoms with Crippen molar-refractivity contribution >= 4 is 22.7 Å². The first kappa shape index (κ1) is 20.6. The zero-order valence-corrected chi connectivity index (χ0v) is 18.6. The van der Waals surface area contributed by atoms with Crippen LogP contribution >= 0.6 is 0 Å². The second-order valence-electron chi connectivity index (χ2n) is 9.38. The van der Waals surface area contributed by atoms with Crippen molar-refractivity contribution in [3.8, 4) is 0 Å². The predicted molar refractivity (Wildman–Crippen MR) is 123 cm³/mol. The number of pyridine rings is 2. The van der Waals surface area contributed by atoms with Crippen LogP contribution in [0.5, 0.6) is 0 Å². The van der Waals surface area contributed by atoms with E-state index < -0.39 is 0 Å². The summed E-state index contributed by atoms with van der Waals surface area (Å²) in [6.45, 7) is 9.96. The highest BCUT2D eigenvalue weighted by molar-refractivity contribution is 5.78. The molecule has 3 aromatic heterocycles. The highest BCUT2D eigenvalue weighted by atomic mass is 15.3. The van der Waals surface area contributed by atoms with Crippen LogP contribution in [0.25, 0.3) is 11.0 Å². The van der Waals surface area contributed by atoms with Crippen molar-refractivity contribution in [2.45, 2.75) is 52.1 Å². The molecule has 7 heteroatoms. The van der Waals surface area contributed by atoms with Gasteiger partial charge in [0.1, 0.15) is 11.6 Å². The first-order valence-corrected chi connectivity index (χ1v) is 10.8. The molecule has 0 atom stereocenters. The summed E-state index contributed by atoms with van der Waals surface area (Å²) in [5.74, 6) is 2.11. The quantitative estimate of drug-likeness (QED) is 0.703. The number of rotatable bonds is 2. The van der Waals surface area contributed by atoms with Gasteiger partial charge in [-0.3, -0.25) is 4.68 Å². The van der Waals surface area contributed by atoms with Crippen LogP contribution < -0.4 is 15.5 Å². The zero-order valence-electron chi connectivity index (χ0n) is 18.6. The molecule has 0 unspecified atom stereocenters. The Morgan fingerprint density at radius 1 is 0.867 bits per heavy atom. The molecule has 2 aliphatic rings. The third-order valence-corrected chi connectivity index (χ3v) is 5.24. The lowest BCUT2D eigenvalue weighted by Crippen LogP contribution is -2.30. The molecule has 160 valence electrons. The van der Waals surface area contributed by atoms with Crippen LogP contribution in [0.1, 0.15) is 44.9 Å². The van der Waals surface area contributed by atoms with E-state index in [9.17, 15) is 0 Å². The topological polar surface area (TPSA) is 76.1 Å². The Morgan fingerprint density at radius 3 is 2.03 bits per heavy atom. The van der Waals surface area contributed by atoms with Gasteiger partial charge in [0.25, 0.3) is 0 Å². The molecule has 0 amide bonds. The fourth-order valence-electron chi connectivity index (χ4n) is 3.93. The van der Waals surface area contributed by atoms with E-state index in [1.54, 1.807) is 0 Å². The summed E-state index contributed by atoms with van der Waals surface area (Å²) in [5.41, 5.74) is 9.83. The van der Waals surface area contributed by atoms with Crippen LogP contribution in [0.2, 0.25) is 0 Å². The van der Waals surface area contributed by atoms with E-state index in [1.165, 1.54) is 24.1 Å². The van der Waals surface area contributed by atoms with Gasteiger partial charge in [0.05, 0.1) is 16.7 Å². The maximum atomic E-state index is 5.35. The summed E-state index contributed by atoms with van der Waals surface area (Å²) in [5, 5.41) is 4.53. The van der Waals surface area contributed by atoms with Crippen molar-refractivity contribution in [1.82, 2.24) is 19.7 Å². The van der Waals surface area contributed by atoms with Crippen LogP contribution in [0, 0.1) is 0 Å². The van der Waals surface area contributed by atoms with Crippen molar-refractivity contribution < 1.29 is 0 Å². The Morgan fingerprint density at radius 2 is 1.43 bits per heavy atom. The average Bonchev–Trinajstić information content (AvgIpc) is 3.34. The Kier molecular flexibility index (Phi) is 5.64. The molecular weight excluding hydrogens is 374 g/mol. The first-order valence-electron chi connectivity index (χ1n) is 10.8. The summed E-state index contributed by atoms with van der Waals surface area (Å²) in [6, 6.07) is 8.43. The maximum absolute atomic E-state index is 5.35. The highest BCUT2D eigenvalue weighted by Crippen LogP contribution is 2.26. The maximum Gasteiger partial charge on any atom is 0.129 e. The molecule has 2 N–H and O–H groups in total. The number of aromatic nitrogens is 4. The van der Waals surface area contributed by atoms with Crippen molar-refractivity contribution in [2.75, 3.05) is 29.4 Å². The summed E-state index contributed by atoms with van der Waals surface area (Å²) in [4.78, 5) is 14.4. The average molecular weight is 408 g/mol. The van der Waals surface area contributed by atoms with Crippen LogP contribution in [-0.2, 0) is 20.0 Å². The Hall–Kier alpha value is -2.67. The standard InChI is InChI=1S/C19H22N6.C4H11N/c1-23-12-14-13-25(11-8-15(14)22-23)19-7-5-16-17(21-19)4-6-18(20-16)24-9-2-3-10-24;1-4(2,3)5/h4-7,12H,2-3,8-11,13H2,1H3;5H2,1-3H3. The number of nitrogens with zero attached hydrogens (tertiary/aromatic N) is 6. The molecule has 0 aliphatic carbocycles. The van der Waals surface area contributed by atoms with Gasteiger partial charge >= 0.3 is 0 Å². The van der Waals surface area contributed by atoms with Crippen LogP contribution in [0.4, 0.5) is 11.6 Å². The third kappa shape index (κ3) is 4.90. The van der Waals surface area contributed by atoms with Gasteiger partial charge in [0.2, 0.25) is 0 Å². The smallest absolute Gasteiger partial charge is 0.129 e. The van der Waals surface area contributed by atoms with Crippen LogP contribution in [-0.4, -0.2) is 44.9 Å². The molecule has 2 aliphatic heterocycles. The Balaban J connectivity index is 0.000000393. The van der Waals surface area contributed by atoms with E-state index in [2.05, 4.69) is 45.4 Å². The Labute approximate surface area is 178 Å². The first-order chi connectivity index (χ1) is 14.3. The van der Waals surface area contributed by atoms with E-state index >= 15 is 0 Å². The predicted octanol–water partition coefficient (Wildman–Crippen LogP) is 3.27. The minimum atomic E-state index is 0. The molecule has 7 nitrogen and oxygen atoms in total. The number of aryl methyl sites for hydroxylation is 1. The highest BCUT2D eigenvalue weighted by Gasteiger charge is 2.20. The lowest BCUT2D eigenvalue weighted by molar-refractivity contribution is 0.580. The van der Waals surface area contributed by atoms with E-state index in [0.717, 1.165) is 55.3 Å². The van der Waals surface area contributed by atoms with Gasteiger partial charge in [-0.15, -0.1) is 0 Å². The molecule has 0 aromatic carbocycles. The number of hydrogen-bond acceptors (Lipinski definition) is 6. The van der Waals surface area contributed by atoms with E-state index in [0.29, 0.717) is 0 Å². The van der Waals surface area contributed by atoms with Crippen molar-refractivity contribution in [3.05, 3.63) is 41.7 Å².